The Morgan fingerprint density at radius 2 is 1.72 bits per heavy atom. The molecule has 13 nitrogen and oxygen atoms in total. The van der Waals surface area contributed by atoms with Crippen LogP contribution in [0.5, 0.6) is 17.2 Å². The van der Waals surface area contributed by atoms with Gasteiger partial charge in [0.05, 0.1) is 13.7 Å². The second-order valence-electron chi connectivity index (χ2n) is 8.26. The van der Waals surface area contributed by atoms with Gasteiger partial charge in [0.2, 0.25) is 11.8 Å². The molecule has 0 aliphatic heterocycles. The van der Waals surface area contributed by atoms with Crippen LogP contribution < -0.4 is 20.1 Å². The first kappa shape index (κ1) is 30.4. The normalized spacial score (nSPS) is 11.1. The van der Waals surface area contributed by atoms with Gasteiger partial charge < -0.3 is 40.2 Å². The van der Waals surface area contributed by atoms with Crippen LogP contribution in [0.3, 0.4) is 0 Å². The number of benzene rings is 2. The maximum Gasteiger partial charge on any atom is 0.345 e. The zero-order valence-electron chi connectivity index (χ0n) is 21.4. The minimum Gasteiger partial charge on any atom is -0.507 e. The van der Waals surface area contributed by atoms with E-state index in [2.05, 4.69) is 15.4 Å². The Morgan fingerprint density at radius 3 is 2.36 bits per heavy atom. The minimum atomic E-state index is -1.34. The summed E-state index contributed by atoms with van der Waals surface area (Å²) in [5, 5.41) is 33.3. The number of aliphatic carboxylic acids is 1. The van der Waals surface area contributed by atoms with Crippen LogP contribution in [0.25, 0.3) is 0 Å². The maximum atomic E-state index is 12.7. The van der Waals surface area contributed by atoms with Crippen LogP contribution in [0.15, 0.2) is 36.4 Å². The monoisotopic (exact) mass is 546 g/mol. The zero-order valence-corrected chi connectivity index (χ0v) is 21.4. The molecule has 210 valence electrons. The summed E-state index contributed by atoms with van der Waals surface area (Å²) in [7, 11) is 1.19. The molecule has 0 saturated heterocycles. The van der Waals surface area contributed by atoms with Gasteiger partial charge in [-0.1, -0.05) is 12.1 Å². The summed E-state index contributed by atoms with van der Waals surface area (Å²) in [5.74, 6) is -4.55. The summed E-state index contributed by atoms with van der Waals surface area (Å²) in [6, 6.07) is 7.41. The molecule has 2 aromatic rings. The van der Waals surface area contributed by atoms with Gasteiger partial charge in [-0.3, -0.25) is 9.59 Å². The molecule has 2 amide bonds. The molecular weight excluding hydrogens is 516 g/mol. The Morgan fingerprint density at radius 1 is 0.974 bits per heavy atom. The van der Waals surface area contributed by atoms with Crippen LogP contribution in [0.2, 0.25) is 0 Å². The number of esters is 1. The molecule has 0 aliphatic carbocycles. The number of amides is 2. The first-order valence-corrected chi connectivity index (χ1v) is 11.8. The number of rotatable bonds is 15. The van der Waals surface area contributed by atoms with Crippen LogP contribution in [-0.2, 0) is 25.5 Å². The lowest BCUT2D eigenvalue weighted by Gasteiger charge is -2.18. The molecule has 2 aromatic carbocycles. The van der Waals surface area contributed by atoms with Crippen molar-refractivity contribution in [2.45, 2.75) is 32.2 Å². The minimum absolute atomic E-state index is 0.0260. The molecule has 1 atom stereocenters. The van der Waals surface area contributed by atoms with E-state index >= 15 is 0 Å². The molecule has 0 heterocycles. The number of methoxy groups -OCH3 is 1. The van der Waals surface area contributed by atoms with Gasteiger partial charge in [-0.05, 0) is 42.7 Å². The van der Waals surface area contributed by atoms with Crippen molar-refractivity contribution in [1.29, 1.82) is 0 Å². The van der Waals surface area contributed by atoms with Gasteiger partial charge in [0, 0.05) is 19.9 Å². The molecular formula is C26H30N2O11. The third kappa shape index (κ3) is 9.54. The molecule has 0 aliphatic rings. The Bertz CT molecular complexity index is 1210. The summed E-state index contributed by atoms with van der Waals surface area (Å²) in [6.07, 6.45) is 0.951. The number of nitrogens with one attached hydrogen (secondary N) is 2. The van der Waals surface area contributed by atoms with E-state index in [-0.39, 0.29) is 47.9 Å². The first-order chi connectivity index (χ1) is 18.5. The molecule has 0 spiro atoms. The molecule has 0 aromatic heterocycles. The van der Waals surface area contributed by atoms with Gasteiger partial charge in [-0.2, -0.15) is 0 Å². The summed E-state index contributed by atoms with van der Waals surface area (Å²) >= 11 is 0. The molecule has 39 heavy (non-hydrogen) atoms. The number of hydrogen-bond acceptors (Lipinski definition) is 9. The van der Waals surface area contributed by atoms with E-state index in [9.17, 15) is 34.2 Å². The van der Waals surface area contributed by atoms with Crippen LogP contribution >= 0.6 is 0 Å². The van der Waals surface area contributed by atoms with Crippen molar-refractivity contribution in [1.82, 2.24) is 10.6 Å². The smallest absolute Gasteiger partial charge is 0.345 e. The van der Waals surface area contributed by atoms with E-state index in [0.717, 1.165) is 0 Å². The first-order valence-electron chi connectivity index (χ1n) is 11.8. The van der Waals surface area contributed by atoms with Crippen molar-refractivity contribution in [3.8, 4) is 17.2 Å². The second-order valence-corrected chi connectivity index (χ2v) is 8.26. The molecule has 0 unspecified atom stereocenters. The highest BCUT2D eigenvalue weighted by Crippen LogP contribution is 2.28. The Hall–Kier alpha value is -4.81. The average molecular weight is 547 g/mol. The number of unbranched alkanes of at least 4 members (excludes halogenated alkanes) is 1. The van der Waals surface area contributed by atoms with E-state index in [1.54, 1.807) is 0 Å². The molecule has 2 rings (SSSR count). The third-order valence-electron chi connectivity index (χ3n) is 5.28. The van der Waals surface area contributed by atoms with Crippen LogP contribution in [0, 0.1) is 0 Å². The van der Waals surface area contributed by atoms with Gasteiger partial charge in [-0.15, -0.1) is 0 Å². The number of carbonyl (C=O) groups excluding carboxylic acids is 3. The molecule has 0 radical (unpaired) electrons. The number of phenolic OH excluding ortho intramolecular Hbond substituents is 1. The quantitative estimate of drug-likeness (QED) is 0.160. The van der Waals surface area contributed by atoms with E-state index in [0.29, 0.717) is 18.4 Å². The Balaban J connectivity index is 1.93. The topological polar surface area (TPSA) is 198 Å². The number of carboxylic acid groups (broad SMARTS) is 2. The van der Waals surface area contributed by atoms with Crippen molar-refractivity contribution in [3.63, 3.8) is 0 Å². The molecule has 5 N–H and O–H groups in total. The largest absolute Gasteiger partial charge is 0.507 e. The standard InChI is InChI=1S/C26H30N2O11/c1-15(29)28-18(13-16-8-9-20(39-14-22(31)32)17(12-16)25(34)35)24(33)27-10-3-4-11-38-21-7-5-6-19(30)23(21)26(36)37-2/h5-9,12,18,30H,3-4,10-11,13-14H2,1-2H3,(H,27,33)(H,28,29)(H,31,32)(H,34,35)/t18-/m0/s1. The Kier molecular flexibility index (Phi) is 11.5. The highest BCUT2D eigenvalue weighted by molar-refractivity contribution is 5.95. The summed E-state index contributed by atoms with van der Waals surface area (Å²) in [6.45, 7) is 0.951. The van der Waals surface area contributed by atoms with Gasteiger partial charge >= 0.3 is 17.9 Å². The van der Waals surface area contributed by atoms with Crippen molar-refractivity contribution in [2.24, 2.45) is 0 Å². The van der Waals surface area contributed by atoms with Crippen molar-refractivity contribution >= 4 is 29.7 Å². The van der Waals surface area contributed by atoms with Crippen LogP contribution in [0.4, 0.5) is 0 Å². The molecule has 0 saturated carbocycles. The van der Waals surface area contributed by atoms with E-state index in [4.69, 9.17) is 14.6 Å². The number of ether oxygens (including phenoxy) is 3. The summed E-state index contributed by atoms with van der Waals surface area (Å²) in [4.78, 5) is 58.6. The second kappa shape index (κ2) is 14.8. The number of carbonyl (C=O) groups is 5. The highest BCUT2D eigenvalue weighted by Gasteiger charge is 2.22. The number of phenols is 1. The van der Waals surface area contributed by atoms with E-state index < -0.39 is 42.4 Å². The summed E-state index contributed by atoms with van der Waals surface area (Å²) in [5.41, 5.74) is 0.0433. The SMILES string of the molecule is COC(=O)c1c(O)cccc1OCCCCNC(=O)[C@H](Cc1ccc(OCC(=O)O)c(C(=O)O)c1)NC(C)=O. The van der Waals surface area contributed by atoms with Gasteiger partial charge in [0.15, 0.2) is 6.61 Å². The fourth-order valence-electron chi connectivity index (χ4n) is 3.52. The van der Waals surface area contributed by atoms with Gasteiger partial charge in [0.1, 0.15) is 34.4 Å². The fraction of sp³-hybridized carbons (Fsp3) is 0.346. The maximum absolute atomic E-state index is 12.7. The average Bonchev–Trinajstić information content (AvgIpc) is 2.88. The van der Waals surface area contributed by atoms with Crippen LogP contribution in [-0.4, -0.2) is 78.0 Å². The van der Waals surface area contributed by atoms with Gasteiger partial charge in [-0.25, -0.2) is 14.4 Å². The lowest BCUT2D eigenvalue weighted by Crippen LogP contribution is -2.47. The molecule has 0 fully saturated rings. The van der Waals surface area contributed by atoms with E-state index in [1.807, 2.05) is 0 Å². The lowest BCUT2D eigenvalue weighted by molar-refractivity contribution is -0.139. The zero-order chi connectivity index (χ0) is 28.9. The van der Waals surface area contributed by atoms with Crippen LogP contribution in [0.1, 0.15) is 46.0 Å². The van der Waals surface area contributed by atoms with E-state index in [1.165, 1.54) is 50.4 Å². The lowest BCUT2D eigenvalue weighted by atomic mass is 10.0. The predicted molar refractivity (Wildman–Crippen MR) is 135 cm³/mol. The summed E-state index contributed by atoms with van der Waals surface area (Å²) < 4.78 is 15.2. The van der Waals surface area contributed by atoms with Crippen molar-refractivity contribution in [3.05, 3.63) is 53.1 Å². The fourth-order valence-corrected chi connectivity index (χ4v) is 3.52. The van der Waals surface area contributed by atoms with Crippen molar-refractivity contribution < 1.29 is 53.5 Å². The highest BCUT2D eigenvalue weighted by atomic mass is 16.5. The predicted octanol–water partition coefficient (Wildman–Crippen LogP) is 1.36. The van der Waals surface area contributed by atoms with Crippen molar-refractivity contribution in [2.75, 3.05) is 26.9 Å². The Labute approximate surface area is 223 Å². The number of carboxylic acids is 2. The number of hydrogen-bond donors (Lipinski definition) is 5. The number of aromatic carboxylic acids is 1. The van der Waals surface area contributed by atoms with Gasteiger partial charge in [0.25, 0.3) is 0 Å². The molecule has 0 bridgehead atoms. The number of aromatic hydroxyl groups is 1. The third-order valence-corrected chi connectivity index (χ3v) is 5.28. The molecule has 13 heteroatoms.